The number of likely N-dealkylation sites (N-methyl/N-ethyl adjacent to an activating group) is 1. The van der Waals surface area contributed by atoms with Gasteiger partial charge in [0.05, 0.1) is 16.9 Å². The van der Waals surface area contributed by atoms with Gasteiger partial charge in [0.15, 0.2) is 0 Å². The zero-order valence-corrected chi connectivity index (χ0v) is 11.5. The first-order chi connectivity index (χ1) is 8.72. The Balaban J connectivity index is 2.22. The third kappa shape index (κ3) is 2.92. The third-order valence-electron chi connectivity index (χ3n) is 3.17. The molecule has 1 unspecified atom stereocenters. The van der Waals surface area contributed by atoms with Crippen LogP contribution in [0.2, 0.25) is 5.02 Å². The predicted molar refractivity (Wildman–Crippen MR) is 75.0 cm³/mol. The van der Waals surface area contributed by atoms with Crippen LogP contribution in [0.1, 0.15) is 17.2 Å². The van der Waals surface area contributed by atoms with Gasteiger partial charge in [0.2, 0.25) is 0 Å². The number of hydrogen-bond acceptors (Lipinski definition) is 2. The van der Waals surface area contributed by atoms with Crippen molar-refractivity contribution < 1.29 is 0 Å². The van der Waals surface area contributed by atoms with Crippen molar-refractivity contribution in [2.24, 2.45) is 7.05 Å². The monoisotopic (exact) mass is 263 g/mol. The van der Waals surface area contributed by atoms with E-state index < -0.39 is 0 Å². The molecule has 0 bridgehead atoms. The summed E-state index contributed by atoms with van der Waals surface area (Å²) in [4.78, 5) is 0. The molecule has 18 heavy (non-hydrogen) atoms. The minimum atomic E-state index is 0.407. The van der Waals surface area contributed by atoms with Gasteiger partial charge in [-0.1, -0.05) is 41.9 Å². The zero-order chi connectivity index (χ0) is 13.0. The van der Waals surface area contributed by atoms with Gasteiger partial charge in [-0.15, -0.1) is 0 Å². The third-order valence-corrected chi connectivity index (χ3v) is 3.49. The molecule has 1 heterocycles. The topological polar surface area (TPSA) is 29.9 Å². The van der Waals surface area contributed by atoms with E-state index in [0.29, 0.717) is 5.92 Å². The zero-order valence-electron chi connectivity index (χ0n) is 10.7. The molecule has 1 N–H and O–H groups in total. The van der Waals surface area contributed by atoms with Crippen molar-refractivity contribution in [3.63, 3.8) is 0 Å². The van der Waals surface area contributed by atoms with Gasteiger partial charge in [-0.2, -0.15) is 5.10 Å². The van der Waals surface area contributed by atoms with E-state index >= 15 is 0 Å². The Bertz CT molecular complexity index is 473. The van der Waals surface area contributed by atoms with Gasteiger partial charge in [-0.25, -0.2) is 0 Å². The van der Waals surface area contributed by atoms with Gasteiger partial charge in [0, 0.05) is 19.5 Å². The Labute approximate surface area is 113 Å². The molecule has 3 nitrogen and oxygen atoms in total. The van der Waals surface area contributed by atoms with E-state index in [1.807, 2.05) is 24.8 Å². The maximum Gasteiger partial charge on any atom is 0.0817 e. The second-order valence-corrected chi connectivity index (χ2v) is 4.84. The summed E-state index contributed by atoms with van der Waals surface area (Å²) in [6.45, 7) is 0.922. The highest BCUT2D eigenvalue weighted by atomic mass is 35.5. The van der Waals surface area contributed by atoms with Gasteiger partial charge in [0.25, 0.3) is 0 Å². The Morgan fingerprint density at radius 2 is 2.06 bits per heavy atom. The standard InChI is InChI=1S/C14H18ClN3/c1-16-9-12(11-6-4-3-5-7-11)8-14-13(15)10-17-18(14)2/h3-7,10,12,16H,8-9H2,1-2H3. The van der Waals surface area contributed by atoms with E-state index in [2.05, 4.69) is 34.7 Å². The first kappa shape index (κ1) is 13.1. The van der Waals surface area contributed by atoms with E-state index in [-0.39, 0.29) is 0 Å². The van der Waals surface area contributed by atoms with Crippen LogP contribution >= 0.6 is 11.6 Å². The van der Waals surface area contributed by atoms with Crippen LogP contribution < -0.4 is 5.32 Å². The van der Waals surface area contributed by atoms with Crippen LogP contribution in [0.3, 0.4) is 0 Å². The van der Waals surface area contributed by atoms with E-state index in [1.165, 1.54) is 5.56 Å². The van der Waals surface area contributed by atoms with E-state index in [9.17, 15) is 0 Å². The molecule has 0 aliphatic rings. The number of halogens is 1. The quantitative estimate of drug-likeness (QED) is 0.899. The molecule has 0 amide bonds. The molecule has 4 heteroatoms. The predicted octanol–water partition coefficient (Wildman–Crippen LogP) is 2.62. The maximum atomic E-state index is 6.17. The Hall–Kier alpha value is -1.32. The van der Waals surface area contributed by atoms with Gasteiger partial charge >= 0.3 is 0 Å². The molecule has 96 valence electrons. The molecule has 0 saturated carbocycles. The molecule has 1 aromatic heterocycles. The lowest BCUT2D eigenvalue weighted by Gasteiger charge is -2.17. The first-order valence-corrected chi connectivity index (χ1v) is 6.46. The number of hydrogen-bond donors (Lipinski definition) is 1. The number of nitrogens with one attached hydrogen (secondary N) is 1. The van der Waals surface area contributed by atoms with Crippen molar-refractivity contribution in [1.82, 2.24) is 15.1 Å². The highest BCUT2D eigenvalue weighted by molar-refractivity contribution is 6.31. The minimum absolute atomic E-state index is 0.407. The summed E-state index contributed by atoms with van der Waals surface area (Å²) in [6.07, 6.45) is 2.60. The number of nitrogens with zero attached hydrogens (tertiary/aromatic N) is 2. The number of rotatable bonds is 5. The molecule has 2 aromatic rings. The average Bonchev–Trinajstić information content (AvgIpc) is 2.71. The van der Waals surface area contributed by atoms with Gasteiger partial charge in [-0.3, -0.25) is 4.68 Å². The number of aryl methyl sites for hydroxylation is 1. The highest BCUT2D eigenvalue weighted by Gasteiger charge is 2.16. The second-order valence-electron chi connectivity index (χ2n) is 4.43. The lowest BCUT2D eigenvalue weighted by Crippen LogP contribution is -2.20. The van der Waals surface area contributed by atoms with Crippen LogP contribution in [0.25, 0.3) is 0 Å². The van der Waals surface area contributed by atoms with Crippen molar-refractivity contribution in [2.75, 3.05) is 13.6 Å². The van der Waals surface area contributed by atoms with Crippen molar-refractivity contribution in [2.45, 2.75) is 12.3 Å². The molecule has 0 aliphatic carbocycles. The summed E-state index contributed by atoms with van der Waals surface area (Å²) >= 11 is 6.17. The summed E-state index contributed by atoms with van der Waals surface area (Å²) in [5.74, 6) is 0.407. The molecule has 0 spiro atoms. The van der Waals surface area contributed by atoms with Crippen LogP contribution in [-0.4, -0.2) is 23.4 Å². The van der Waals surface area contributed by atoms with Crippen LogP contribution in [0.15, 0.2) is 36.5 Å². The van der Waals surface area contributed by atoms with Crippen molar-refractivity contribution in [3.05, 3.63) is 52.8 Å². The van der Waals surface area contributed by atoms with Crippen molar-refractivity contribution in [3.8, 4) is 0 Å². The fraction of sp³-hybridized carbons (Fsp3) is 0.357. The largest absolute Gasteiger partial charge is 0.319 e. The molecule has 2 rings (SSSR count). The summed E-state index contributed by atoms with van der Waals surface area (Å²) in [5.41, 5.74) is 2.41. The summed E-state index contributed by atoms with van der Waals surface area (Å²) in [7, 11) is 3.91. The van der Waals surface area contributed by atoms with Gasteiger partial charge < -0.3 is 5.32 Å². The summed E-state index contributed by atoms with van der Waals surface area (Å²) < 4.78 is 1.86. The van der Waals surface area contributed by atoms with Gasteiger partial charge in [0.1, 0.15) is 0 Å². The Morgan fingerprint density at radius 3 is 2.61 bits per heavy atom. The molecule has 0 aliphatic heterocycles. The number of aromatic nitrogens is 2. The van der Waals surface area contributed by atoms with E-state index in [4.69, 9.17) is 11.6 Å². The molecule has 0 saturated heterocycles. The Morgan fingerprint density at radius 1 is 1.33 bits per heavy atom. The fourth-order valence-corrected chi connectivity index (χ4v) is 2.42. The van der Waals surface area contributed by atoms with Crippen molar-refractivity contribution in [1.29, 1.82) is 0 Å². The van der Waals surface area contributed by atoms with Crippen LogP contribution in [-0.2, 0) is 13.5 Å². The summed E-state index contributed by atoms with van der Waals surface area (Å²) in [5, 5.41) is 8.18. The molecule has 0 fully saturated rings. The lowest BCUT2D eigenvalue weighted by atomic mass is 9.94. The fourth-order valence-electron chi connectivity index (χ4n) is 2.18. The molecule has 0 radical (unpaired) electrons. The van der Waals surface area contributed by atoms with E-state index in [1.54, 1.807) is 6.20 Å². The normalized spacial score (nSPS) is 12.6. The second kappa shape index (κ2) is 6.03. The Kier molecular flexibility index (Phi) is 4.39. The average molecular weight is 264 g/mol. The SMILES string of the molecule is CNCC(Cc1c(Cl)cnn1C)c1ccccc1. The lowest BCUT2D eigenvalue weighted by molar-refractivity contribution is 0.591. The number of benzene rings is 1. The summed E-state index contributed by atoms with van der Waals surface area (Å²) in [6, 6.07) is 10.5. The van der Waals surface area contributed by atoms with Crippen LogP contribution in [0, 0.1) is 0 Å². The molecule has 1 atom stereocenters. The van der Waals surface area contributed by atoms with E-state index in [0.717, 1.165) is 23.7 Å². The maximum absolute atomic E-state index is 6.17. The smallest absolute Gasteiger partial charge is 0.0817 e. The first-order valence-electron chi connectivity index (χ1n) is 6.08. The molecular formula is C14H18ClN3. The van der Waals surface area contributed by atoms with Crippen molar-refractivity contribution >= 4 is 11.6 Å². The van der Waals surface area contributed by atoms with Crippen LogP contribution in [0.5, 0.6) is 0 Å². The van der Waals surface area contributed by atoms with Gasteiger partial charge in [-0.05, 0) is 19.0 Å². The molecule has 1 aromatic carbocycles. The molecular weight excluding hydrogens is 246 g/mol. The minimum Gasteiger partial charge on any atom is -0.319 e. The highest BCUT2D eigenvalue weighted by Crippen LogP contribution is 2.24. The van der Waals surface area contributed by atoms with Crippen LogP contribution in [0.4, 0.5) is 0 Å².